The Morgan fingerprint density at radius 1 is 1.03 bits per heavy atom. The number of hydrogen-bond donors (Lipinski definition) is 0. The molecule has 31 heavy (non-hydrogen) atoms. The van der Waals surface area contributed by atoms with Crippen molar-refractivity contribution < 1.29 is 23.8 Å². The summed E-state index contributed by atoms with van der Waals surface area (Å²) in [5.74, 6) is -0.510. The lowest BCUT2D eigenvalue weighted by atomic mass is 9.95. The van der Waals surface area contributed by atoms with Crippen LogP contribution in [0, 0.1) is 0 Å². The minimum absolute atomic E-state index is 0.0137. The van der Waals surface area contributed by atoms with E-state index in [1.54, 1.807) is 27.7 Å². The van der Waals surface area contributed by atoms with Crippen LogP contribution in [-0.4, -0.2) is 42.2 Å². The number of esters is 2. The third-order valence-electron chi connectivity index (χ3n) is 4.83. The Kier molecular flexibility index (Phi) is 6.78. The second-order valence-electron chi connectivity index (χ2n) is 8.46. The van der Waals surface area contributed by atoms with Crippen LogP contribution in [0.15, 0.2) is 59.6 Å². The first kappa shape index (κ1) is 22.5. The molecule has 0 bridgehead atoms. The van der Waals surface area contributed by atoms with Gasteiger partial charge >= 0.3 is 11.9 Å². The van der Waals surface area contributed by atoms with Gasteiger partial charge in [0.1, 0.15) is 12.2 Å². The largest absolute Gasteiger partial charge is 0.474 e. The molecule has 6 nitrogen and oxygen atoms in total. The van der Waals surface area contributed by atoms with Crippen LogP contribution < -0.4 is 0 Å². The zero-order valence-corrected chi connectivity index (χ0v) is 18.5. The summed E-state index contributed by atoms with van der Waals surface area (Å²) in [4.78, 5) is 29.8. The standard InChI is InChI=1S/C25H29NO5/c1-5-29-21(27)15-16-25(23(28)31-24(2,3)4)17-30-22(26-25)20-14-10-9-13-19(20)18-11-7-6-8-12-18/h6-14H,5,15-17H2,1-4H3/t25-/m0/s1. The van der Waals surface area contributed by atoms with Gasteiger partial charge in [0.15, 0.2) is 5.54 Å². The minimum atomic E-state index is -1.29. The molecule has 3 rings (SSSR count). The SMILES string of the molecule is CCOC(=O)CC[C@@]1(C(=O)OC(C)(C)C)COC(c2ccccc2-c2ccccc2)=N1. The van der Waals surface area contributed by atoms with Gasteiger partial charge in [0, 0.05) is 12.0 Å². The summed E-state index contributed by atoms with van der Waals surface area (Å²) in [5.41, 5.74) is 0.779. The van der Waals surface area contributed by atoms with Gasteiger partial charge in [-0.15, -0.1) is 0 Å². The summed E-state index contributed by atoms with van der Waals surface area (Å²) in [6, 6.07) is 17.7. The number of benzene rings is 2. The van der Waals surface area contributed by atoms with Crippen molar-refractivity contribution in [2.75, 3.05) is 13.2 Å². The van der Waals surface area contributed by atoms with Crippen molar-refractivity contribution in [2.45, 2.75) is 51.7 Å². The molecule has 0 aromatic heterocycles. The maximum absolute atomic E-state index is 13.1. The van der Waals surface area contributed by atoms with E-state index in [0.717, 1.165) is 16.7 Å². The zero-order valence-electron chi connectivity index (χ0n) is 18.5. The molecule has 164 valence electrons. The van der Waals surface area contributed by atoms with Gasteiger partial charge in [-0.25, -0.2) is 9.79 Å². The van der Waals surface area contributed by atoms with Crippen LogP contribution in [0.5, 0.6) is 0 Å². The van der Waals surface area contributed by atoms with E-state index in [1.807, 2.05) is 54.6 Å². The van der Waals surface area contributed by atoms with E-state index in [0.29, 0.717) is 5.90 Å². The molecule has 6 heteroatoms. The molecule has 0 N–H and O–H groups in total. The number of ether oxygens (including phenoxy) is 3. The van der Waals surface area contributed by atoms with Crippen molar-refractivity contribution >= 4 is 17.8 Å². The lowest BCUT2D eigenvalue weighted by Crippen LogP contribution is -2.43. The number of carbonyl (C=O) groups is 2. The predicted molar refractivity (Wildman–Crippen MR) is 119 cm³/mol. The highest BCUT2D eigenvalue weighted by Crippen LogP contribution is 2.33. The number of aliphatic imine (C=N–C) groups is 1. The van der Waals surface area contributed by atoms with Gasteiger partial charge in [0.05, 0.1) is 6.61 Å². The maximum atomic E-state index is 13.1. The molecule has 0 amide bonds. The van der Waals surface area contributed by atoms with E-state index in [-0.39, 0.29) is 32.0 Å². The Morgan fingerprint density at radius 3 is 2.32 bits per heavy atom. The van der Waals surface area contributed by atoms with Crippen molar-refractivity contribution in [3.8, 4) is 11.1 Å². The Bertz CT molecular complexity index is 961. The highest BCUT2D eigenvalue weighted by molar-refractivity contribution is 6.04. The Morgan fingerprint density at radius 2 is 1.68 bits per heavy atom. The molecule has 0 fully saturated rings. The van der Waals surface area contributed by atoms with Crippen LogP contribution in [0.25, 0.3) is 11.1 Å². The molecule has 0 saturated carbocycles. The molecule has 2 aromatic rings. The van der Waals surface area contributed by atoms with E-state index >= 15 is 0 Å². The zero-order chi connectivity index (χ0) is 22.5. The van der Waals surface area contributed by atoms with E-state index in [2.05, 4.69) is 0 Å². The van der Waals surface area contributed by atoms with Crippen LogP contribution in [0.2, 0.25) is 0 Å². The van der Waals surface area contributed by atoms with Gasteiger partial charge in [-0.2, -0.15) is 0 Å². The molecule has 2 aromatic carbocycles. The lowest BCUT2D eigenvalue weighted by Gasteiger charge is -2.27. The van der Waals surface area contributed by atoms with E-state index < -0.39 is 17.1 Å². The van der Waals surface area contributed by atoms with Crippen molar-refractivity contribution in [3.05, 3.63) is 60.2 Å². The lowest BCUT2D eigenvalue weighted by molar-refractivity contribution is -0.162. The van der Waals surface area contributed by atoms with Crippen LogP contribution in [0.3, 0.4) is 0 Å². The molecular formula is C25H29NO5. The quantitative estimate of drug-likeness (QED) is 0.611. The minimum Gasteiger partial charge on any atom is -0.474 e. The summed E-state index contributed by atoms with van der Waals surface area (Å²) in [6.07, 6.45) is 0.200. The number of nitrogens with zero attached hydrogens (tertiary/aromatic N) is 1. The molecule has 1 heterocycles. The fourth-order valence-electron chi connectivity index (χ4n) is 3.37. The smallest absolute Gasteiger partial charge is 0.338 e. The average molecular weight is 424 g/mol. The first-order valence-corrected chi connectivity index (χ1v) is 10.5. The third-order valence-corrected chi connectivity index (χ3v) is 4.83. The number of hydrogen-bond acceptors (Lipinski definition) is 6. The highest BCUT2D eigenvalue weighted by atomic mass is 16.6. The Balaban J connectivity index is 1.97. The van der Waals surface area contributed by atoms with Crippen molar-refractivity contribution in [1.29, 1.82) is 0 Å². The Hall–Kier alpha value is -3.15. The first-order valence-electron chi connectivity index (χ1n) is 10.5. The molecular weight excluding hydrogens is 394 g/mol. The molecule has 0 spiro atoms. The van der Waals surface area contributed by atoms with Crippen molar-refractivity contribution in [3.63, 3.8) is 0 Å². The molecule has 0 saturated heterocycles. The molecule has 0 radical (unpaired) electrons. The van der Waals surface area contributed by atoms with Crippen LogP contribution >= 0.6 is 0 Å². The van der Waals surface area contributed by atoms with Crippen LogP contribution in [0.4, 0.5) is 0 Å². The molecule has 1 aliphatic heterocycles. The van der Waals surface area contributed by atoms with Gasteiger partial charge in [0.2, 0.25) is 5.90 Å². The molecule has 1 atom stereocenters. The summed E-state index contributed by atoms with van der Waals surface area (Å²) >= 11 is 0. The van der Waals surface area contributed by atoms with E-state index in [1.165, 1.54) is 0 Å². The first-order chi connectivity index (χ1) is 14.7. The fourth-order valence-corrected chi connectivity index (χ4v) is 3.37. The summed E-state index contributed by atoms with van der Waals surface area (Å²) in [5, 5.41) is 0. The molecule has 0 unspecified atom stereocenters. The van der Waals surface area contributed by atoms with Gasteiger partial charge < -0.3 is 14.2 Å². The monoisotopic (exact) mass is 423 g/mol. The van der Waals surface area contributed by atoms with Crippen LogP contribution in [0.1, 0.15) is 46.1 Å². The highest BCUT2D eigenvalue weighted by Gasteiger charge is 2.47. The maximum Gasteiger partial charge on any atom is 0.338 e. The molecule has 0 aliphatic carbocycles. The summed E-state index contributed by atoms with van der Waals surface area (Å²) < 4.78 is 16.6. The number of carbonyl (C=O) groups excluding carboxylic acids is 2. The van der Waals surface area contributed by atoms with Crippen molar-refractivity contribution in [1.82, 2.24) is 0 Å². The van der Waals surface area contributed by atoms with Gasteiger partial charge in [-0.1, -0.05) is 48.5 Å². The second-order valence-corrected chi connectivity index (χ2v) is 8.46. The molecule has 1 aliphatic rings. The van der Waals surface area contributed by atoms with Crippen LogP contribution in [-0.2, 0) is 23.8 Å². The van der Waals surface area contributed by atoms with Gasteiger partial charge in [0.25, 0.3) is 0 Å². The fraction of sp³-hybridized carbons (Fsp3) is 0.400. The van der Waals surface area contributed by atoms with Crippen molar-refractivity contribution in [2.24, 2.45) is 4.99 Å². The average Bonchev–Trinajstić information content (AvgIpc) is 3.18. The normalized spacial score (nSPS) is 18.1. The number of rotatable bonds is 7. The van der Waals surface area contributed by atoms with Gasteiger partial charge in [-0.3, -0.25) is 4.79 Å². The summed E-state index contributed by atoms with van der Waals surface area (Å²) in [6.45, 7) is 7.45. The summed E-state index contributed by atoms with van der Waals surface area (Å²) in [7, 11) is 0. The second kappa shape index (κ2) is 9.33. The Labute approximate surface area is 183 Å². The van der Waals surface area contributed by atoms with E-state index in [4.69, 9.17) is 19.2 Å². The van der Waals surface area contributed by atoms with E-state index in [9.17, 15) is 9.59 Å². The third kappa shape index (κ3) is 5.51. The topological polar surface area (TPSA) is 74.2 Å². The predicted octanol–water partition coefficient (Wildman–Crippen LogP) is 4.55. The van der Waals surface area contributed by atoms with Gasteiger partial charge in [-0.05, 0) is 51.3 Å².